The summed E-state index contributed by atoms with van der Waals surface area (Å²) in [6.45, 7) is 4.71. The molecule has 21 heavy (non-hydrogen) atoms. The zero-order valence-corrected chi connectivity index (χ0v) is 12.3. The van der Waals surface area contributed by atoms with Crippen LogP contribution in [-0.2, 0) is 11.3 Å². The number of rotatable bonds is 5. The molecule has 0 bridgehead atoms. The summed E-state index contributed by atoms with van der Waals surface area (Å²) >= 11 is 1.49. The monoisotopic (exact) mass is 308 g/mol. The molecule has 2 aromatic heterocycles. The summed E-state index contributed by atoms with van der Waals surface area (Å²) in [5.74, 6) is -1.05. The van der Waals surface area contributed by atoms with Crippen LogP contribution in [0.15, 0.2) is 17.5 Å². The van der Waals surface area contributed by atoms with Gasteiger partial charge in [0.15, 0.2) is 5.69 Å². The van der Waals surface area contributed by atoms with E-state index < -0.39 is 5.97 Å². The highest BCUT2D eigenvalue weighted by Crippen LogP contribution is 2.27. The summed E-state index contributed by atoms with van der Waals surface area (Å²) < 4.78 is 7.00. The zero-order valence-electron chi connectivity index (χ0n) is 11.4. The molecule has 3 heterocycles. The van der Waals surface area contributed by atoms with E-state index in [1.807, 2.05) is 17.5 Å². The van der Waals surface area contributed by atoms with Gasteiger partial charge < -0.3 is 9.84 Å². The minimum absolute atomic E-state index is 0.0134. The maximum absolute atomic E-state index is 11.3. The summed E-state index contributed by atoms with van der Waals surface area (Å²) in [5.41, 5.74) is 0.602. The van der Waals surface area contributed by atoms with E-state index in [1.54, 1.807) is 4.68 Å². The Hall–Kier alpha value is -1.77. The van der Waals surface area contributed by atoms with Crippen LogP contribution in [0.2, 0.25) is 0 Å². The topological polar surface area (TPSA) is 80.5 Å². The number of nitrogens with zero attached hydrogens (tertiary/aromatic N) is 4. The third-order valence-corrected chi connectivity index (χ3v) is 4.30. The molecule has 1 fully saturated rings. The van der Waals surface area contributed by atoms with Crippen molar-refractivity contribution in [3.8, 4) is 10.6 Å². The van der Waals surface area contributed by atoms with Crippen molar-refractivity contribution in [2.75, 3.05) is 32.8 Å². The SMILES string of the molecule is O=C(O)c1nnn(CCN2CCOCC2)c1-c1cccs1. The summed E-state index contributed by atoms with van der Waals surface area (Å²) in [7, 11) is 0. The van der Waals surface area contributed by atoms with Crippen LogP contribution < -0.4 is 0 Å². The Labute approximate surface area is 125 Å². The summed E-state index contributed by atoms with van der Waals surface area (Å²) in [5, 5.41) is 19.0. The van der Waals surface area contributed by atoms with E-state index in [4.69, 9.17) is 4.74 Å². The van der Waals surface area contributed by atoms with E-state index in [0.29, 0.717) is 12.2 Å². The summed E-state index contributed by atoms with van der Waals surface area (Å²) in [4.78, 5) is 14.5. The number of morpholine rings is 1. The fraction of sp³-hybridized carbons (Fsp3) is 0.462. The van der Waals surface area contributed by atoms with Gasteiger partial charge in [0.25, 0.3) is 0 Å². The molecular formula is C13H16N4O3S. The second-order valence-corrected chi connectivity index (χ2v) is 5.69. The average molecular weight is 308 g/mol. The van der Waals surface area contributed by atoms with Crippen molar-refractivity contribution in [1.29, 1.82) is 0 Å². The van der Waals surface area contributed by atoms with E-state index in [2.05, 4.69) is 15.2 Å². The predicted molar refractivity (Wildman–Crippen MR) is 77.6 cm³/mol. The van der Waals surface area contributed by atoms with Crippen LogP contribution in [0, 0.1) is 0 Å². The first-order chi connectivity index (χ1) is 10.3. The molecule has 1 N–H and O–H groups in total. The standard InChI is InChI=1S/C13H16N4O3S/c18-13(19)11-12(10-2-1-9-21-10)17(15-14-11)4-3-16-5-7-20-8-6-16/h1-2,9H,3-8H2,(H,18,19). The second-order valence-electron chi connectivity index (χ2n) is 4.75. The van der Waals surface area contributed by atoms with Gasteiger partial charge in [0.1, 0.15) is 5.69 Å². The number of thiophene rings is 1. The molecule has 7 nitrogen and oxygen atoms in total. The summed E-state index contributed by atoms with van der Waals surface area (Å²) in [6.07, 6.45) is 0. The fourth-order valence-electron chi connectivity index (χ4n) is 2.33. The first-order valence-corrected chi connectivity index (χ1v) is 7.64. The lowest BCUT2D eigenvalue weighted by Crippen LogP contribution is -2.38. The first kappa shape index (κ1) is 14.2. The maximum atomic E-state index is 11.3. The van der Waals surface area contributed by atoms with E-state index >= 15 is 0 Å². The lowest BCUT2D eigenvalue weighted by molar-refractivity contribution is 0.0360. The summed E-state index contributed by atoms with van der Waals surface area (Å²) in [6, 6.07) is 3.78. The molecule has 0 aliphatic carbocycles. The minimum Gasteiger partial charge on any atom is -0.476 e. The van der Waals surface area contributed by atoms with Gasteiger partial charge in [-0.3, -0.25) is 4.90 Å². The second kappa shape index (κ2) is 6.33. The van der Waals surface area contributed by atoms with E-state index in [1.165, 1.54) is 11.3 Å². The molecule has 3 rings (SSSR count). The molecule has 112 valence electrons. The zero-order chi connectivity index (χ0) is 14.7. The number of aromatic carboxylic acids is 1. The largest absolute Gasteiger partial charge is 0.476 e. The highest BCUT2D eigenvalue weighted by atomic mass is 32.1. The number of hydrogen-bond donors (Lipinski definition) is 1. The van der Waals surface area contributed by atoms with Gasteiger partial charge in [-0.05, 0) is 11.4 Å². The van der Waals surface area contributed by atoms with Gasteiger partial charge in [-0.15, -0.1) is 16.4 Å². The number of carbonyl (C=O) groups is 1. The van der Waals surface area contributed by atoms with Crippen molar-refractivity contribution in [3.05, 3.63) is 23.2 Å². The smallest absolute Gasteiger partial charge is 0.358 e. The van der Waals surface area contributed by atoms with E-state index in [-0.39, 0.29) is 5.69 Å². The van der Waals surface area contributed by atoms with Gasteiger partial charge in [-0.1, -0.05) is 11.3 Å². The van der Waals surface area contributed by atoms with Crippen LogP contribution >= 0.6 is 11.3 Å². The quantitative estimate of drug-likeness (QED) is 0.889. The van der Waals surface area contributed by atoms with Crippen LogP contribution in [0.5, 0.6) is 0 Å². The molecule has 0 aromatic carbocycles. The molecule has 0 radical (unpaired) electrons. The van der Waals surface area contributed by atoms with Crippen molar-refractivity contribution in [1.82, 2.24) is 19.9 Å². The Balaban J connectivity index is 1.80. The van der Waals surface area contributed by atoms with E-state index in [0.717, 1.165) is 37.7 Å². The highest BCUT2D eigenvalue weighted by Gasteiger charge is 2.21. The van der Waals surface area contributed by atoms with Crippen LogP contribution in [0.4, 0.5) is 0 Å². The molecule has 0 saturated carbocycles. The molecule has 0 unspecified atom stereocenters. The molecule has 2 aromatic rings. The molecule has 0 atom stereocenters. The van der Waals surface area contributed by atoms with Gasteiger partial charge in [-0.2, -0.15) is 0 Å². The van der Waals surface area contributed by atoms with Gasteiger partial charge >= 0.3 is 5.97 Å². The lowest BCUT2D eigenvalue weighted by atomic mass is 10.2. The molecule has 1 saturated heterocycles. The Morgan fingerprint density at radius 2 is 2.19 bits per heavy atom. The molecule has 1 aliphatic heterocycles. The minimum atomic E-state index is -1.05. The average Bonchev–Trinajstić information content (AvgIpc) is 3.15. The van der Waals surface area contributed by atoms with Crippen LogP contribution in [-0.4, -0.2) is 63.8 Å². The fourth-order valence-corrected chi connectivity index (χ4v) is 3.11. The normalized spacial score (nSPS) is 16.2. The van der Waals surface area contributed by atoms with Crippen molar-refractivity contribution < 1.29 is 14.6 Å². The van der Waals surface area contributed by atoms with Crippen LogP contribution in [0.25, 0.3) is 10.6 Å². The number of carboxylic acids is 1. The Morgan fingerprint density at radius 1 is 1.38 bits per heavy atom. The third-order valence-electron chi connectivity index (χ3n) is 3.42. The maximum Gasteiger partial charge on any atom is 0.358 e. The number of ether oxygens (including phenoxy) is 1. The lowest BCUT2D eigenvalue weighted by Gasteiger charge is -2.26. The van der Waals surface area contributed by atoms with Crippen molar-refractivity contribution in [3.63, 3.8) is 0 Å². The van der Waals surface area contributed by atoms with Gasteiger partial charge in [0.05, 0.1) is 24.6 Å². The molecule has 1 aliphatic rings. The molecule has 8 heteroatoms. The molecular weight excluding hydrogens is 292 g/mol. The third kappa shape index (κ3) is 3.12. The highest BCUT2D eigenvalue weighted by molar-refractivity contribution is 7.13. The van der Waals surface area contributed by atoms with Crippen molar-refractivity contribution in [2.45, 2.75) is 6.54 Å². The van der Waals surface area contributed by atoms with Gasteiger partial charge in [0.2, 0.25) is 0 Å². The predicted octanol–water partition coefficient (Wildman–Crippen LogP) is 1.04. The molecule has 0 amide bonds. The number of hydrogen-bond acceptors (Lipinski definition) is 6. The van der Waals surface area contributed by atoms with Crippen LogP contribution in [0.1, 0.15) is 10.5 Å². The van der Waals surface area contributed by atoms with Gasteiger partial charge in [0, 0.05) is 19.6 Å². The van der Waals surface area contributed by atoms with Gasteiger partial charge in [-0.25, -0.2) is 9.48 Å². The Morgan fingerprint density at radius 3 is 2.86 bits per heavy atom. The Bertz CT molecular complexity index is 605. The van der Waals surface area contributed by atoms with Crippen molar-refractivity contribution >= 4 is 17.3 Å². The number of carboxylic acid groups (broad SMARTS) is 1. The Kier molecular flexibility index (Phi) is 4.28. The first-order valence-electron chi connectivity index (χ1n) is 6.76. The molecule has 0 spiro atoms. The van der Waals surface area contributed by atoms with Crippen molar-refractivity contribution in [2.24, 2.45) is 0 Å². The van der Waals surface area contributed by atoms with Crippen LogP contribution in [0.3, 0.4) is 0 Å². The number of aromatic nitrogens is 3. The van der Waals surface area contributed by atoms with E-state index in [9.17, 15) is 9.90 Å².